The molecule has 1 unspecified atom stereocenters. The smallest absolute Gasteiger partial charge is 0.280 e. The maximum Gasteiger partial charge on any atom is 0.280 e. The zero-order valence-corrected chi connectivity index (χ0v) is 29.4. The van der Waals surface area contributed by atoms with E-state index in [4.69, 9.17) is 19.7 Å². The Labute approximate surface area is 301 Å². The van der Waals surface area contributed by atoms with Gasteiger partial charge in [-0.25, -0.2) is 14.6 Å². The third-order valence-electron chi connectivity index (χ3n) is 8.55. The Morgan fingerprint density at radius 2 is 1.61 bits per heavy atom. The van der Waals surface area contributed by atoms with Gasteiger partial charge in [0.05, 0.1) is 25.2 Å². The Morgan fingerprint density at radius 3 is 2.14 bits per heavy atom. The lowest BCUT2D eigenvalue weighted by atomic mass is 9.77. The van der Waals surface area contributed by atoms with Crippen LogP contribution in [0.2, 0.25) is 0 Å². The maximum absolute atomic E-state index is 13.6. The summed E-state index contributed by atoms with van der Waals surface area (Å²) in [6.45, 7) is 3.00. The van der Waals surface area contributed by atoms with E-state index in [0.717, 1.165) is 39.1 Å². The Hall–Kier alpha value is -5.30. The molecule has 6 aromatic rings. The van der Waals surface area contributed by atoms with E-state index in [1.807, 2.05) is 60.4 Å². The van der Waals surface area contributed by atoms with Gasteiger partial charge in [0.2, 0.25) is 0 Å². The maximum atomic E-state index is 13.6. The number of thiazole rings is 1. The van der Waals surface area contributed by atoms with Crippen LogP contribution in [0.25, 0.3) is 0 Å². The number of hydrogen-bond acceptors (Lipinski definition) is 8. The van der Waals surface area contributed by atoms with Crippen LogP contribution in [0, 0.1) is 5.13 Å². The van der Waals surface area contributed by atoms with Crippen LogP contribution in [-0.2, 0) is 25.7 Å². The Morgan fingerprint density at radius 1 is 0.980 bits per heavy atom. The molecule has 2 aromatic heterocycles. The molecule has 3 heterocycles. The number of amides is 1. The number of anilines is 1. The number of nitrogens with one attached hydrogen (secondary N) is 1. The van der Waals surface area contributed by atoms with E-state index < -0.39 is 16.6 Å². The van der Waals surface area contributed by atoms with Crippen molar-refractivity contribution in [2.45, 2.75) is 35.6 Å². The summed E-state index contributed by atoms with van der Waals surface area (Å²) in [6.07, 6.45) is 3.32. The predicted molar refractivity (Wildman–Crippen MR) is 200 cm³/mol. The van der Waals surface area contributed by atoms with Crippen molar-refractivity contribution in [1.29, 1.82) is 0 Å². The van der Waals surface area contributed by atoms with Gasteiger partial charge in [-0.2, -0.15) is 20.0 Å². The average Bonchev–Trinajstić information content (AvgIpc) is 3.96. The third-order valence-corrected chi connectivity index (χ3v) is 11.3. The zero-order chi connectivity index (χ0) is 35.0. The second-order valence-electron chi connectivity index (χ2n) is 11.7. The minimum Gasteiger partial charge on any atom is -0.389 e. The van der Waals surface area contributed by atoms with E-state index in [-0.39, 0.29) is 27.4 Å². The highest BCUT2D eigenvalue weighted by Crippen LogP contribution is 2.40. The standard InChI is InChI=1S/C39H35FN6O3S2/c1-2-51(33-20-18-28(19-21-33)36(45-49-32-22-23-48-25-32)37(47)43-38-41-24-34(40)50-38)26-35-42-27-46(44-35)39(29-12-6-3-7-13-29,30-14-8-4-9-15-30)31-16-10-5-11-17-31/h2-21,24,27,32H,22-23,25-26H2,1H3,(H,41,43,47)/b45-36+/t32-,51?/m1/s1. The van der Waals surface area contributed by atoms with Gasteiger partial charge in [0, 0.05) is 16.9 Å². The van der Waals surface area contributed by atoms with Crippen LogP contribution >= 0.6 is 21.8 Å². The number of nitrogens with zero attached hydrogens (tertiary/aromatic N) is 5. The molecule has 1 aliphatic heterocycles. The van der Waals surface area contributed by atoms with Crippen LogP contribution in [0.5, 0.6) is 0 Å². The van der Waals surface area contributed by atoms with Crippen molar-refractivity contribution in [2.75, 3.05) is 18.5 Å². The molecule has 4 aromatic carbocycles. The molecule has 0 bridgehead atoms. The number of oxime groups is 1. The van der Waals surface area contributed by atoms with Crippen LogP contribution in [0.15, 0.2) is 138 Å². The number of halogens is 1. The van der Waals surface area contributed by atoms with Crippen molar-refractivity contribution in [3.05, 3.63) is 161 Å². The fourth-order valence-corrected chi connectivity index (χ4v) is 8.15. The number of benzene rings is 4. The van der Waals surface area contributed by atoms with E-state index >= 15 is 0 Å². The van der Waals surface area contributed by atoms with Crippen LogP contribution in [-0.4, -0.2) is 56.1 Å². The lowest BCUT2D eigenvalue weighted by Gasteiger charge is -2.35. The first-order chi connectivity index (χ1) is 25.0. The quantitative estimate of drug-likeness (QED) is 0.0608. The van der Waals surface area contributed by atoms with Crippen LogP contribution in [0.3, 0.4) is 0 Å². The summed E-state index contributed by atoms with van der Waals surface area (Å²) in [6, 6.07) is 38.8. The molecule has 1 saturated heterocycles. The normalized spacial score (nSPS) is 15.5. The topological polar surface area (TPSA) is 104 Å². The molecule has 0 aliphatic carbocycles. The summed E-state index contributed by atoms with van der Waals surface area (Å²) in [5.74, 6) is 0.738. The lowest BCUT2D eigenvalue weighted by Crippen LogP contribution is -2.38. The summed E-state index contributed by atoms with van der Waals surface area (Å²) >= 11 is 0.739. The molecule has 7 rings (SSSR count). The van der Waals surface area contributed by atoms with Gasteiger partial charge in [-0.1, -0.05) is 125 Å². The van der Waals surface area contributed by atoms with E-state index in [9.17, 15) is 9.18 Å². The van der Waals surface area contributed by atoms with Gasteiger partial charge in [-0.05, 0) is 35.7 Å². The number of rotatable bonds is 12. The largest absolute Gasteiger partial charge is 0.389 e. The van der Waals surface area contributed by atoms with Gasteiger partial charge in [0.15, 0.2) is 27.9 Å². The fraction of sp³-hybridized carbons (Fsp3) is 0.179. The molecular formula is C39H35FN6O3S2. The van der Waals surface area contributed by atoms with Gasteiger partial charge >= 0.3 is 0 Å². The van der Waals surface area contributed by atoms with Gasteiger partial charge in [0.25, 0.3) is 5.91 Å². The molecule has 0 spiro atoms. The molecule has 1 aliphatic rings. The minimum absolute atomic E-state index is 0.0592. The highest BCUT2D eigenvalue weighted by atomic mass is 32.2. The number of hydrogen-bond donors (Lipinski definition) is 1. The van der Waals surface area contributed by atoms with Gasteiger partial charge in [0.1, 0.15) is 11.9 Å². The van der Waals surface area contributed by atoms with Gasteiger partial charge in [-0.15, -0.1) is 0 Å². The first-order valence-electron chi connectivity index (χ1n) is 16.5. The van der Waals surface area contributed by atoms with Crippen LogP contribution < -0.4 is 5.32 Å². The van der Waals surface area contributed by atoms with Gasteiger partial charge < -0.3 is 9.57 Å². The number of aromatic nitrogens is 4. The van der Waals surface area contributed by atoms with Gasteiger partial charge in [-0.3, -0.25) is 10.1 Å². The summed E-state index contributed by atoms with van der Waals surface area (Å²) in [5.41, 5.74) is 3.07. The first-order valence-corrected chi connectivity index (χ1v) is 18.7. The Bertz CT molecular complexity index is 2040. The SMILES string of the molecule is C/C=S(\Cc1ncn(C(c2ccccc2)(c2ccccc2)c2ccccc2)n1)c1ccc(/C(=N\O[C@@H]2CCOC2)C(=O)Nc2ncc(F)s2)cc1. The van der Waals surface area contributed by atoms with E-state index in [2.05, 4.69) is 93.6 Å². The van der Waals surface area contributed by atoms with Crippen molar-refractivity contribution in [2.24, 2.45) is 5.16 Å². The Balaban J connectivity index is 1.18. The molecule has 258 valence electrons. The summed E-state index contributed by atoms with van der Waals surface area (Å²) in [4.78, 5) is 28.8. The van der Waals surface area contributed by atoms with Crippen molar-refractivity contribution >= 4 is 43.9 Å². The molecule has 1 fully saturated rings. The summed E-state index contributed by atoms with van der Waals surface area (Å²) < 4.78 is 20.9. The molecule has 9 nitrogen and oxygen atoms in total. The van der Waals surface area contributed by atoms with E-state index in [1.165, 1.54) is 0 Å². The predicted octanol–water partition coefficient (Wildman–Crippen LogP) is 7.51. The van der Waals surface area contributed by atoms with Crippen molar-refractivity contribution in [3.63, 3.8) is 0 Å². The molecular weight excluding hydrogens is 684 g/mol. The van der Waals surface area contributed by atoms with E-state index in [0.29, 0.717) is 36.8 Å². The first kappa shape index (κ1) is 34.2. The molecule has 2 atom stereocenters. The van der Waals surface area contributed by atoms with Crippen LogP contribution in [0.1, 0.15) is 41.4 Å². The van der Waals surface area contributed by atoms with Crippen LogP contribution in [0.4, 0.5) is 9.52 Å². The number of carbonyl (C=O) groups excluding carboxylic acids is 1. The number of ether oxygens (including phenoxy) is 1. The summed E-state index contributed by atoms with van der Waals surface area (Å²) in [5, 5.41) is 13.8. The van der Waals surface area contributed by atoms with Crippen molar-refractivity contribution < 1.29 is 18.8 Å². The fourth-order valence-electron chi connectivity index (χ4n) is 6.11. The number of carbonyl (C=O) groups is 1. The molecule has 1 amide bonds. The Kier molecular flexibility index (Phi) is 10.5. The van der Waals surface area contributed by atoms with E-state index in [1.54, 1.807) is 0 Å². The van der Waals surface area contributed by atoms with Crippen molar-refractivity contribution in [1.82, 2.24) is 19.7 Å². The second kappa shape index (κ2) is 15.7. The summed E-state index contributed by atoms with van der Waals surface area (Å²) in [7, 11) is -0.361. The molecule has 1 N–H and O–H groups in total. The highest BCUT2D eigenvalue weighted by Gasteiger charge is 2.39. The molecule has 0 radical (unpaired) electrons. The monoisotopic (exact) mass is 718 g/mol. The highest BCUT2D eigenvalue weighted by molar-refractivity contribution is 8.14. The third kappa shape index (κ3) is 7.43. The molecule has 12 heteroatoms. The average molecular weight is 719 g/mol. The second-order valence-corrected chi connectivity index (χ2v) is 14.8. The minimum atomic E-state index is -0.751. The molecule has 51 heavy (non-hydrogen) atoms. The zero-order valence-electron chi connectivity index (χ0n) is 27.8. The molecule has 0 saturated carbocycles. The lowest BCUT2D eigenvalue weighted by molar-refractivity contribution is -0.110. The van der Waals surface area contributed by atoms with Crippen molar-refractivity contribution in [3.8, 4) is 0 Å².